The Morgan fingerprint density at radius 3 is 2.47 bits per heavy atom. The molecule has 0 aliphatic carbocycles. The van der Waals surface area contributed by atoms with E-state index >= 15 is 0 Å². The highest BCUT2D eigenvalue weighted by Crippen LogP contribution is 2.25. The van der Waals surface area contributed by atoms with Gasteiger partial charge in [0.25, 0.3) is 0 Å². The third-order valence-electron chi connectivity index (χ3n) is 2.98. The Balaban J connectivity index is 2.77. The van der Waals surface area contributed by atoms with Gasteiger partial charge in [0.15, 0.2) is 0 Å². The predicted molar refractivity (Wildman–Crippen MR) is 77.1 cm³/mol. The van der Waals surface area contributed by atoms with E-state index in [0.717, 1.165) is 19.5 Å². The smallest absolute Gasteiger partial charge is 0.0393 e. The van der Waals surface area contributed by atoms with Gasteiger partial charge in [-0.2, -0.15) is 0 Å². The van der Waals surface area contributed by atoms with Crippen LogP contribution >= 0.6 is 0 Å². The standard InChI is InChI=1S/C14H25N3/c1-6-13-11(2)9-12(10-14(13)15-3)16-7-8-17(4)5/h9-10,15-16H,6-8H2,1-5H3. The first kappa shape index (κ1) is 13.8. The predicted octanol–water partition coefficient (Wildman–Crippen LogP) is 2.57. The van der Waals surface area contributed by atoms with E-state index in [0.29, 0.717) is 0 Å². The first-order chi connectivity index (χ1) is 8.08. The summed E-state index contributed by atoms with van der Waals surface area (Å²) in [6, 6.07) is 4.43. The van der Waals surface area contributed by atoms with Crippen molar-refractivity contribution in [1.29, 1.82) is 0 Å². The van der Waals surface area contributed by atoms with Gasteiger partial charge >= 0.3 is 0 Å². The summed E-state index contributed by atoms with van der Waals surface area (Å²) in [7, 11) is 6.16. The van der Waals surface area contributed by atoms with Crippen molar-refractivity contribution in [3.8, 4) is 0 Å². The highest BCUT2D eigenvalue weighted by molar-refractivity contribution is 5.64. The Kier molecular flexibility index (Phi) is 5.29. The normalized spacial score (nSPS) is 10.7. The molecular weight excluding hydrogens is 210 g/mol. The summed E-state index contributed by atoms with van der Waals surface area (Å²) in [5.41, 5.74) is 5.20. The van der Waals surface area contributed by atoms with Gasteiger partial charge in [-0.15, -0.1) is 0 Å². The van der Waals surface area contributed by atoms with Gasteiger partial charge in [0.05, 0.1) is 0 Å². The molecule has 0 aliphatic heterocycles. The van der Waals surface area contributed by atoms with Gasteiger partial charge in [-0.3, -0.25) is 0 Å². The molecule has 0 bridgehead atoms. The van der Waals surface area contributed by atoms with Crippen molar-refractivity contribution < 1.29 is 0 Å². The largest absolute Gasteiger partial charge is 0.388 e. The van der Waals surface area contributed by atoms with E-state index < -0.39 is 0 Å². The number of likely N-dealkylation sites (N-methyl/N-ethyl adjacent to an activating group) is 1. The lowest BCUT2D eigenvalue weighted by Crippen LogP contribution is -2.20. The fourth-order valence-electron chi connectivity index (χ4n) is 2.04. The van der Waals surface area contributed by atoms with Crippen molar-refractivity contribution in [3.05, 3.63) is 23.3 Å². The van der Waals surface area contributed by atoms with Crippen LogP contribution in [0.5, 0.6) is 0 Å². The summed E-state index contributed by atoms with van der Waals surface area (Å²) < 4.78 is 0. The van der Waals surface area contributed by atoms with Crippen molar-refractivity contribution >= 4 is 11.4 Å². The lowest BCUT2D eigenvalue weighted by atomic mass is 10.0. The van der Waals surface area contributed by atoms with Crippen LogP contribution in [0.25, 0.3) is 0 Å². The molecule has 1 rings (SSSR count). The van der Waals surface area contributed by atoms with Crippen molar-refractivity contribution in [2.75, 3.05) is 44.9 Å². The molecule has 0 aliphatic rings. The van der Waals surface area contributed by atoms with Crippen LogP contribution in [0.1, 0.15) is 18.1 Å². The van der Waals surface area contributed by atoms with Crippen LogP contribution in [0.3, 0.4) is 0 Å². The summed E-state index contributed by atoms with van der Waals surface area (Å²) in [4.78, 5) is 2.18. The number of aryl methyl sites for hydroxylation is 1. The minimum Gasteiger partial charge on any atom is -0.388 e. The third kappa shape index (κ3) is 3.93. The van der Waals surface area contributed by atoms with Gasteiger partial charge in [-0.05, 0) is 50.7 Å². The maximum atomic E-state index is 3.46. The van der Waals surface area contributed by atoms with Gasteiger partial charge in [0, 0.05) is 31.5 Å². The Morgan fingerprint density at radius 2 is 1.94 bits per heavy atom. The number of hydrogen-bond donors (Lipinski definition) is 2. The molecule has 3 heteroatoms. The number of anilines is 2. The summed E-state index contributed by atoms with van der Waals surface area (Å²) in [5, 5.41) is 6.74. The number of hydrogen-bond acceptors (Lipinski definition) is 3. The molecule has 0 atom stereocenters. The third-order valence-corrected chi connectivity index (χ3v) is 2.98. The monoisotopic (exact) mass is 235 g/mol. The molecule has 1 aromatic rings. The molecule has 0 radical (unpaired) electrons. The Hall–Kier alpha value is -1.22. The molecule has 0 spiro atoms. The van der Waals surface area contributed by atoms with E-state index in [1.54, 1.807) is 0 Å². The van der Waals surface area contributed by atoms with Crippen molar-refractivity contribution in [2.45, 2.75) is 20.3 Å². The summed E-state index contributed by atoms with van der Waals surface area (Å²) in [6.07, 6.45) is 1.07. The second-order valence-corrected chi connectivity index (χ2v) is 4.65. The second-order valence-electron chi connectivity index (χ2n) is 4.65. The molecule has 0 saturated carbocycles. The molecule has 0 fully saturated rings. The molecule has 3 nitrogen and oxygen atoms in total. The fraction of sp³-hybridized carbons (Fsp3) is 0.571. The van der Waals surface area contributed by atoms with Crippen LogP contribution in [0.4, 0.5) is 11.4 Å². The molecule has 17 heavy (non-hydrogen) atoms. The minimum atomic E-state index is 0.973. The van der Waals surface area contributed by atoms with Crippen LogP contribution in [-0.4, -0.2) is 39.1 Å². The van der Waals surface area contributed by atoms with E-state index in [9.17, 15) is 0 Å². The van der Waals surface area contributed by atoms with Crippen molar-refractivity contribution in [2.24, 2.45) is 0 Å². The summed E-state index contributed by atoms with van der Waals surface area (Å²) >= 11 is 0. The van der Waals surface area contributed by atoms with Gasteiger partial charge in [0.1, 0.15) is 0 Å². The van der Waals surface area contributed by atoms with Crippen LogP contribution in [-0.2, 0) is 6.42 Å². The quantitative estimate of drug-likeness (QED) is 0.793. The summed E-state index contributed by atoms with van der Waals surface area (Å²) in [6.45, 7) is 6.39. The summed E-state index contributed by atoms with van der Waals surface area (Å²) in [5.74, 6) is 0. The number of nitrogens with zero attached hydrogens (tertiary/aromatic N) is 1. The topological polar surface area (TPSA) is 27.3 Å². The maximum absolute atomic E-state index is 3.46. The van der Waals surface area contributed by atoms with Crippen molar-refractivity contribution in [1.82, 2.24) is 4.90 Å². The molecule has 1 aromatic carbocycles. The van der Waals surface area contributed by atoms with Crippen LogP contribution in [0, 0.1) is 6.92 Å². The fourth-order valence-corrected chi connectivity index (χ4v) is 2.04. The Labute approximate surface area is 105 Å². The van der Waals surface area contributed by atoms with Gasteiger partial charge in [0.2, 0.25) is 0 Å². The minimum absolute atomic E-state index is 0.973. The zero-order valence-corrected chi connectivity index (χ0v) is 11.7. The Bertz CT molecular complexity index is 359. The molecule has 2 N–H and O–H groups in total. The van der Waals surface area contributed by atoms with E-state index in [2.05, 4.69) is 55.6 Å². The highest BCUT2D eigenvalue weighted by Gasteiger charge is 2.05. The molecule has 0 amide bonds. The van der Waals surface area contributed by atoms with Gasteiger partial charge in [-0.25, -0.2) is 0 Å². The molecule has 96 valence electrons. The van der Waals surface area contributed by atoms with Crippen LogP contribution in [0.2, 0.25) is 0 Å². The zero-order valence-electron chi connectivity index (χ0n) is 11.7. The first-order valence-corrected chi connectivity index (χ1v) is 6.28. The molecule has 0 aromatic heterocycles. The maximum Gasteiger partial charge on any atom is 0.0393 e. The van der Waals surface area contributed by atoms with E-state index in [1.807, 2.05) is 7.05 Å². The van der Waals surface area contributed by atoms with E-state index in [4.69, 9.17) is 0 Å². The van der Waals surface area contributed by atoms with Crippen LogP contribution in [0.15, 0.2) is 12.1 Å². The molecule has 0 saturated heterocycles. The van der Waals surface area contributed by atoms with Gasteiger partial charge in [-0.1, -0.05) is 6.92 Å². The number of benzene rings is 1. The van der Waals surface area contributed by atoms with Crippen molar-refractivity contribution in [3.63, 3.8) is 0 Å². The average molecular weight is 235 g/mol. The lowest BCUT2D eigenvalue weighted by molar-refractivity contribution is 0.425. The Morgan fingerprint density at radius 1 is 1.24 bits per heavy atom. The molecule has 0 unspecified atom stereocenters. The van der Waals surface area contributed by atoms with Gasteiger partial charge < -0.3 is 15.5 Å². The second kappa shape index (κ2) is 6.50. The van der Waals surface area contributed by atoms with E-state index in [1.165, 1.54) is 22.5 Å². The van der Waals surface area contributed by atoms with Crippen LogP contribution < -0.4 is 10.6 Å². The average Bonchev–Trinajstić information content (AvgIpc) is 2.27. The zero-order chi connectivity index (χ0) is 12.8. The lowest BCUT2D eigenvalue weighted by Gasteiger charge is -2.16. The number of nitrogens with one attached hydrogen (secondary N) is 2. The molecular formula is C14H25N3. The number of rotatable bonds is 6. The first-order valence-electron chi connectivity index (χ1n) is 6.28. The van der Waals surface area contributed by atoms with E-state index in [-0.39, 0.29) is 0 Å². The SMILES string of the molecule is CCc1c(C)cc(NCCN(C)C)cc1NC. The molecule has 0 heterocycles. The highest BCUT2D eigenvalue weighted by atomic mass is 15.1.